The number of anilines is 1. The molecule has 5 heteroatoms. The van der Waals surface area contributed by atoms with Crippen LogP contribution >= 0.6 is 0 Å². The summed E-state index contributed by atoms with van der Waals surface area (Å²) in [5.41, 5.74) is 6.85. The Balaban J connectivity index is 1.84. The summed E-state index contributed by atoms with van der Waals surface area (Å²) in [5, 5.41) is 10.5. The van der Waals surface area contributed by atoms with Crippen LogP contribution in [0.25, 0.3) is 6.08 Å². The summed E-state index contributed by atoms with van der Waals surface area (Å²) in [6, 6.07) is 14.3. The number of nitrogens with zero attached hydrogens (tertiary/aromatic N) is 1. The number of nitrogens with one attached hydrogen (secondary N) is 1. The maximum atomic E-state index is 12.8. The Bertz CT molecular complexity index is 852. The number of hydrogen-bond acceptors (Lipinski definition) is 3. The van der Waals surface area contributed by atoms with Gasteiger partial charge in [-0.25, -0.2) is 15.2 Å². The molecule has 2 aromatic carbocycles. The van der Waals surface area contributed by atoms with E-state index in [1.165, 1.54) is 22.7 Å². The van der Waals surface area contributed by atoms with E-state index in [0.29, 0.717) is 17.2 Å². The minimum absolute atomic E-state index is 0.131. The molecule has 1 aliphatic heterocycles. The average Bonchev–Trinajstić information content (AvgIpc) is 2.90. The Kier molecular flexibility index (Phi) is 4.91. The smallest absolute Gasteiger partial charge is 0.335 e. The van der Waals surface area contributed by atoms with Gasteiger partial charge in [-0.1, -0.05) is 38.1 Å². The van der Waals surface area contributed by atoms with Crippen LogP contribution in [0, 0.1) is 0 Å². The van der Waals surface area contributed by atoms with Crippen molar-refractivity contribution in [2.45, 2.75) is 32.7 Å². The SMILES string of the molecule is CC1NN(c2ccc(C(=O)O)cc2)C(=O)/C1=C/c1ccc(C(C)C)cc1. The molecule has 26 heavy (non-hydrogen) atoms. The van der Waals surface area contributed by atoms with E-state index in [0.717, 1.165) is 5.56 Å². The van der Waals surface area contributed by atoms with Crippen molar-refractivity contribution < 1.29 is 14.7 Å². The summed E-state index contributed by atoms with van der Waals surface area (Å²) in [6.07, 6.45) is 1.90. The van der Waals surface area contributed by atoms with Crippen LogP contribution < -0.4 is 10.4 Å². The minimum atomic E-state index is -0.990. The first-order valence-electron chi connectivity index (χ1n) is 8.62. The number of carbonyl (C=O) groups excluding carboxylic acids is 1. The molecule has 1 heterocycles. The summed E-state index contributed by atoms with van der Waals surface area (Å²) in [6.45, 7) is 6.22. The van der Waals surface area contributed by atoms with Gasteiger partial charge in [-0.05, 0) is 54.3 Å². The molecule has 1 amide bonds. The van der Waals surface area contributed by atoms with Crippen LogP contribution in [0.15, 0.2) is 54.1 Å². The first kappa shape index (κ1) is 17.9. The Hall–Kier alpha value is -2.92. The van der Waals surface area contributed by atoms with Gasteiger partial charge in [0.2, 0.25) is 0 Å². The second kappa shape index (κ2) is 7.14. The summed E-state index contributed by atoms with van der Waals surface area (Å²) in [4.78, 5) is 23.8. The lowest BCUT2D eigenvalue weighted by Gasteiger charge is -2.16. The number of hydrogen-bond donors (Lipinski definition) is 2. The van der Waals surface area contributed by atoms with Crippen molar-refractivity contribution in [1.82, 2.24) is 5.43 Å². The fraction of sp³-hybridized carbons (Fsp3) is 0.238. The molecule has 1 unspecified atom stereocenters. The third kappa shape index (κ3) is 3.53. The lowest BCUT2D eigenvalue weighted by Crippen LogP contribution is -2.36. The number of carboxylic acid groups (broad SMARTS) is 1. The van der Waals surface area contributed by atoms with Gasteiger partial charge in [0, 0.05) is 5.57 Å². The van der Waals surface area contributed by atoms with E-state index in [4.69, 9.17) is 5.11 Å². The third-order valence-electron chi connectivity index (χ3n) is 4.54. The summed E-state index contributed by atoms with van der Waals surface area (Å²) >= 11 is 0. The van der Waals surface area contributed by atoms with Gasteiger partial charge in [-0.3, -0.25) is 4.79 Å². The fourth-order valence-electron chi connectivity index (χ4n) is 2.92. The highest BCUT2D eigenvalue weighted by Crippen LogP contribution is 2.25. The first-order valence-corrected chi connectivity index (χ1v) is 8.62. The first-order chi connectivity index (χ1) is 12.4. The Morgan fingerprint density at radius 1 is 1.12 bits per heavy atom. The molecule has 2 N–H and O–H groups in total. The zero-order chi connectivity index (χ0) is 18.8. The monoisotopic (exact) mass is 350 g/mol. The highest BCUT2D eigenvalue weighted by atomic mass is 16.4. The number of benzene rings is 2. The molecule has 3 rings (SSSR count). The largest absolute Gasteiger partial charge is 0.478 e. The van der Waals surface area contributed by atoms with Gasteiger partial charge in [-0.2, -0.15) is 0 Å². The Morgan fingerprint density at radius 3 is 2.27 bits per heavy atom. The molecule has 134 valence electrons. The number of aromatic carboxylic acids is 1. The van der Waals surface area contributed by atoms with Gasteiger partial charge in [0.15, 0.2) is 0 Å². The highest BCUT2D eigenvalue weighted by molar-refractivity contribution is 6.11. The van der Waals surface area contributed by atoms with Crippen LogP contribution in [0.4, 0.5) is 5.69 Å². The maximum Gasteiger partial charge on any atom is 0.335 e. The second-order valence-corrected chi connectivity index (χ2v) is 6.76. The van der Waals surface area contributed by atoms with Crippen LogP contribution in [0.1, 0.15) is 48.2 Å². The predicted molar refractivity (Wildman–Crippen MR) is 102 cm³/mol. The average molecular weight is 350 g/mol. The van der Waals surface area contributed by atoms with Crippen molar-refractivity contribution in [3.05, 3.63) is 70.8 Å². The number of amides is 1. The zero-order valence-corrected chi connectivity index (χ0v) is 15.1. The molecule has 1 fully saturated rings. The molecule has 0 radical (unpaired) electrons. The number of hydrazine groups is 1. The molecule has 1 atom stereocenters. The molecule has 1 aliphatic rings. The van der Waals surface area contributed by atoms with E-state index in [1.807, 2.05) is 25.1 Å². The number of carbonyl (C=O) groups is 2. The van der Waals surface area contributed by atoms with E-state index >= 15 is 0 Å². The van der Waals surface area contributed by atoms with Crippen molar-refractivity contribution in [3.8, 4) is 0 Å². The van der Waals surface area contributed by atoms with Crippen LogP contribution in [0.5, 0.6) is 0 Å². The number of rotatable bonds is 4. The lowest BCUT2D eigenvalue weighted by atomic mass is 10.00. The van der Waals surface area contributed by atoms with Crippen LogP contribution in [-0.2, 0) is 4.79 Å². The zero-order valence-electron chi connectivity index (χ0n) is 15.1. The molecule has 1 saturated heterocycles. The fourth-order valence-corrected chi connectivity index (χ4v) is 2.92. The van der Waals surface area contributed by atoms with Gasteiger partial charge in [-0.15, -0.1) is 0 Å². The minimum Gasteiger partial charge on any atom is -0.478 e. The Morgan fingerprint density at radius 2 is 1.73 bits per heavy atom. The van der Waals surface area contributed by atoms with E-state index in [-0.39, 0.29) is 17.5 Å². The van der Waals surface area contributed by atoms with E-state index in [2.05, 4.69) is 31.4 Å². The standard InChI is InChI=1S/C21H22N2O3/c1-13(2)16-6-4-15(5-7-16)12-19-14(3)22-23(20(19)24)18-10-8-17(9-11-18)21(25)26/h4-14,22H,1-3H3,(H,25,26)/b19-12+. The van der Waals surface area contributed by atoms with E-state index in [9.17, 15) is 9.59 Å². The quantitative estimate of drug-likeness (QED) is 0.822. The third-order valence-corrected chi connectivity index (χ3v) is 4.54. The van der Waals surface area contributed by atoms with Gasteiger partial charge in [0.05, 0.1) is 17.3 Å². The molecule has 0 aliphatic carbocycles. The maximum absolute atomic E-state index is 12.8. The van der Waals surface area contributed by atoms with Gasteiger partial charge < -0.3 is 5.11 Å². The van der Waals surface area contributed by atoms with E-state index in [1.54, 1.807) is 12.1 Å². The highest BCUT2D eigenvalue weighted by Gasteiger charge is 2.32. The second-order valence-electron chi connectivity index (χ2n) is 6.76. The van der Waals surface area contributed by atoms with Crippen LogP contribution in [-0.4, -0.2) is 23.0 Å². The summed E-state index contributed by atoms with van der Waals surface area (Å²) < 4.78 is 0. The molecule has 2 aromatic rings. The molecular weight excluding hydrogens is 328 g/mol. The van der Waals surface area contributed by atoms with Crippen molar-refractivity contribution in [2.24, 2.45) is 0 Å². The van der Waals surface area contributed by atoms with Crippen LogP contribution in [0.3, 0.4) is 0 Å². The lowest BCUT2D eigenvalue weighted by molar-refractivity contribution is -0.114. The van der Waals surface area contributed by atoms with Crippen molar-refractivity contribution in [3.63, 3.8) is 0 Å². The molecular formula is C21H22N2O3. The van der Waals surface area contributed by atoms with Gasteiger partial charge in [0.25, 0.3) is 5.91 Å². The van der Waals surface area contributed by atoms with Crippen molar-refractivity contribution in [2.75, 3.05) is 5.01 Å². The Labute approximate surface area is 152 Å². The predicted octanol–water partition coefficient (Wildman–Crippen LogP) is 3.83. The molecule has 0 saturated carbocycles. The molecule has 0 spiro atoms. The summed E-state index contributed by atoms with van der Waals surface area (Å²) in [5.74, 6) is -0.653. The molecule has 0 bridgehead atoms. The van der Waals surface area contributed by atoms with E-state index < -0.39 is 5.97 Å². The van der Waals surface area contributed by atoms with Crippen molar-refractivity contribution >= 4 is 23.6 Å². The molecule has 0 aromatic heterocycles. The van der Waals surface area contributed by atoms with Gasteiger partial charge >= 0.3 is 5.97 Å². The topological polar surface area (TPSA) is 69.6 Å². The normalized spacial score (nSPS) is 18.8. The molecule has 5 nitrogen and oxygen atoms in total. The van der Waals surface area contributed by atoms with Crippen molar-refractivity contribution in [1.29, 1.82) is 0 Å². The summed E-state index contributed by atoms with van der Waals surface area (Å²) in [7, 11) is 0. The van der Waals surface area contributed by atoms with Gasteiger partial charge in [0.1, 0.15) is 0 Å². The number of carboxylic acids is 1. The van der Waals surface area contributed by atoms with Crippen LogP contribution in [0.2, 0.25) is 0 Å².